The lowest BCUT2D eigenvalue weighted by Crippen LogP contribution is -2.45. The van der Waals surface area contributed by atoms with Crippen molar-refractivity contribution in [3.8, 4) is 0 Å². The van der Waals surface area contributed by atoms with Crippen molar-refractivity contribution in [2.75, 3.05) is 6.54 Å². The number of aliphatic hydroxyl groups is 1. The number of carbonyl (C=O) groups excluding carboxylic acids is 1. The lowest BCUT2D eigenvalue weighted by molar-refractivity contribution is -0.120. The molecule has 0 aromatic heterocycles. The number of hydrogen-bond donors (Lipinski definition) is 2. The van der Waals surface area contributed by atoms with Gasteiger partial charge >= 0.3 is 6.21 Å². The number of Topliss-reactive ketones (excluding diaryl/α,β-unsaturated/α-hetero) is 1. The zero-order valence-electron chi connectivity index (χ0n) is 8.60. The lowest BCUT2D eigenvalue weighted by Gasteiger charge is -2.16. The molecule has 0 saturated carbocycles. The SMILES string of the molecule is CCCCN[C@H](C(=O)C=[N+]=[N-])C(C)O. The highest BCUT2D eigenvalue weighted by Gasteiger charge is 2.23. The highest BCUT2D eigenvalue weighted by Crippen LogP contribution is 1.94. The zero-order chi connectivity index (χ0) is 11.0. The van der Waals surface area contributed by atoms with Gasteiger partial charge in [-0.1, -0.05) is 13.3 Å². The van der Waals surface area contributed by atoms with Crippen molar-refractivity contribution >= 4 is 12.0 Å². The molecular formula is C9H17N3O2. The number of ketones is 1. The van der Waals surface area contributed by atoms with E-state index in [-0.39, 0.29) is 0 Å². The molecule has 2 N–H and O–H groups in total. The summed E-state index contributed by atoms with van der Waals surface area (Å²) in [5.41, 5.74) is 8.18. The van der Waals surface area contributed by atoms with Gasteiger partial charge in [-0.05, 0) is 19.9 Å². The normalized spacial score (nSPS) is 14.2. The first-order valence-electron chi connectivity index (χ1n) is 4.76. The molecule has 0 fully saturated rings. The number of rotatable bonds is 7. The summed E-state index contributed by atoms with van der Waals surface area (Å²) in [7, 11) is 0. The van der Waals surface area contributed by atoms with Crippen LogP contribution in [0, 0.1) is 0 Å². The van der Waals surface area contributed by atoms with Gasteiger partial charge in [0.2, 0.25) is 0 Å². The van der Waals surface area contributed by atoms with E-state index >= 15 is 0 Å². The minimum atomic E-state index is -0.794. The monoisotopic (exact) mass is 199 g/mol. The summed E-state index contributed by atoms with van der Waals surface area (Å²) >= 11 is 0. The topological polar surface area (TPSA) is 85.7 Å². The van der Waals surface area contributed by atoms with Crippen LogP contribution in [0.5, 0.6) is 0 Å². The van der Waals surface area contributed by atoms with E-state index in [1.54, 1.807) is 0 Å². The van der Waals surface area contributed by atoms with Crippen LogP contribution < -0.4 is 5.32 Å². The van der Waals surface area contributed by atoms with Gasteiger partial charge in [-0.15, -0.1) is 0 Å². The number of nitrogens with zero attached hydrogens (tertiary/aromatic N) is 2. The molecule has 0 amide bonds. The minimum absolute atomic E-state index is 0.418. The van der Waals surface area contributed by atoms with Gasteiger partial charge in [0.25, 0.3) is 5.78 Å². The third-order valence-electron chi connectivity index (χ3n) is 1.87. The Morgan fingerprint density at radius 3 is 2.79 bits per heavy atom. The van der Waals surface area contributed by atoms with E-state index in [2.05, 4.69) is 10.1 Å². The molecule has 1 unspecified atom stereocenters. The number of hydrogen-bond acceptors (Lipinski definition) is 3. The Hall–Kier alpha value is -1.03. The van der Waals surface area contributed by atoms with Gasteiger partial charge in [0.1, 0.15) is 6.04 Å². The molecule has 0 aromatic rings. The summed E-state index contributed by atoms with van der Waals surface area (Å²) in [5, 5.41) is 12.2. The first-order valence-corrected chi connectivity index (χ1v) is 4.76. The smallest absolute Gasteiger partial charge is 0.324 e. The fraction of sp³-hybridized carbons (Fsp3) is 0.778. The molecule has 0 spiro atoms. The third-order valence-corrected chi connectivity index (χ3v) is 1.87. The van der Waals surface area contributed by atoms with Gasteiger partial charge in [0, 0.05) is 0 Å². The Labute approximate surface area is 83.7 Å². The number of unbranched alkanes of at least 4 members (excludes halogenated alkanes) is 1. The van der Waals surface area contributed by atoms with E-state index in [9.17, 15) is 9.90 Å². The highest BCUT2D eigenvalue weighted by molar-refractivity contribution is 6.27. The molecule has 0 aliphatic carbocycles. The van der Waals surface area contributed by atoms with Crippen LogP contribution in [0.15, 0.2) is 0 Å². The Bertz CT molecular complexity index is 222. The summed E-state index contributed by atoms with van der Waals surface area (Å²) < 4.78 is 0. The Morgan fingerprint density at radius 1 is 1.71 bits per heavy atom. The second kappa shape index (κ2) is 7.38. The fourth-order valence-corrected chi connectivity index (χ4v) is 1.08. The van der Waals surface area contributed by atoms with Crippen LogP contribution in [0.3, 0.4) is 0 Å². The van der Waals surface area contributed by atoms with Crippen LogP contribution in [-0.4, -0.2) is 40.6 Å². The number of aliphatic hydroxyl groups excluding tert-OH is 1. The van der Waals surface area contributed by atoms with E-state index in [1.165, 1.54) is 6.92 Å². The van der Waals surface area contributed by atoms with Gasteiger partial charge in [0.15, 0.2) is 0 Å². The molecule has 0 aliphatic heterocycles. The molecular weight excluding hydrogens is 182 g/mol. The quantitative estimate of drug-likeness (QED) is 0.262. The summed E-state index contributed by atoms with van der Waals surface area (Å²) in [5.74, 6) is -0.418. The third kappa shape index (κ3) is 4.87. The predicted octanol–water partition coefficient (Wildman–Crippen LogP) is -0.00480. The fourth-order valence-electron chi connectivity index (χ4n) is 1.08. The molecule has 14 heavy (non-hydrogen) atoms. The van der Waals surface area contributed by atoms with Gasteiger partial charge < -0.3 is 16.0 Å². The molecule has 0 saturated heterocycles. The van der Waals surface area contributed by atoms with Crippen LogP contribution in [0.1, 0.15) is 26.7 Å². The molecule has 5 nitrogen and oxygen atoms in total. The summed E-state index contributed by atoms with van der Waals surface area (Å²) in [6, 6.07) is -0.683. The standard InChI is InChI=1S/C9H17N3O2/c1-3-4-5-11-9(7(2)13)8(14)6-12-10/h6-7,9,11,13H,3-5H2,1-2H3/t7?,9-/m0/s1. The average molecular weight is 199 g/mol. The maximum absolute atomic E-state index is 11.2. The van der Waals surface area contributed by atoms with E-state index in [0.717, 1.165) is 19.1 Å². The van der Waals surface area contributed by atoms with Crippen LogP contribution in [0.4, 0.5) is 0 Å². The van der Waals surface area contributed by atoms with Gasteiger partial charge in [-0.3, -0.25) is 4.79 Å². The van der Waals surface area contributed by atoms with E-state index in [1.807, 2.05) is 6.92 Å². The molecule has 0 rings (SSSR count). The molecule has 5 heteroatoms. The van der Waals surface area contributed by atoms with E-state index in [4.69, 9.17) is 5.53 Å². The summed E-state index contributed by atoms with van der Waals surface area (Å²) in [6.45, 7) is 4.22. The largest absolute Gasteiger partial charge is 0.391 e. The Morgan fingerprint density at radius 2 is 2.36 bits per heavy atom. The minimum Gasteiger partial charge on any atom is -0.391 e. The van der Waals surface area contributed by atoms with Crippen molar-refractivity contribution in [2.24, 2.45) is 0 Å². The maximum atomic E-state index is 11.2. The predicted molar refractivity (Wildman–Crippen MR) is 53.1 cm³/mol. The van der Waals surface area contributed by atoms with Crippen molar-refractivity contribution in [3.05, 3.63) is 5.53 Å². The van der Waals surface area contributed by atoms with Crippen molar-refractivity contribution < 1.29 is 14.7 Å². The summed E-state index contributed by atoms with van der Waals surface area (Å²) in [4.78, 5) is 13.9. The average Bonchev–Trinajstić information content (AvgIpc) is 2.12. The van der Waals surface area contributed by atoms with E-state index < -0.39 is 17.9 Å². The second-order valence-electron chi connectivity index (χ2n) is 3.17. The first kappa shape index (κ1) is 13.0. The Balaban J connectivity index is 4.14. The van der Waals surface area contributed by atoms with Crippen molar-refractivity contribution in [1.29, 1.82) is 0 Å². The highest BCUT2D eigenvalue weighted by atomic mass is 16.3. The second-order valence-corrected chi connectivity index (χ2v) is 3.17. The van der Waals surface area contributed by atoms with E-state index in [0.29, 0.717) is 6.54 Å². The van der Waals surface area contributed by atoms with Crippen LogP contribution in [0.2, 0.25) is 0 Å². The summed E-state index contributed by atoms with van der Waals surface area (Å²) in [6.07, 6.45) is 1.96. The van der Waals surface area contributed by atoms with Crippen molar-refractivity contribution in [2.45, 2.75) is 38.8 Å². The van der Waals surface area contributed by atoms with Crippen LogP contribution in [-0.2, 0) is 4.79 Å². The molecule has 0 radical (unpaired) electrons. The van der Waals surface area contributed by atoms with Gasteiger partial charge in [0.05, 0.1) is 6.10 Å². The molecule has 0 heterocycles. The Kier molecular flexibility index (Phi) is 6.84. The first-order chi connectivity index (χ1) is 6.63. The molecule has 0 aliphatic rings. The zero-order valence-corrected chi connectivity index (χ0v) is 8.60. The number of carbonyl (C=O) groups is 1. The molecule has 80 valence electrons. The molecule has 0 bridgehead atoms. The van der Waals surface area contributed by atoms with Crippen LogP contribution >= 0.6 is 0 Å². The number of nitrogens with one attached hydrogen (secondary N) is 1. The van der Waals surface area contributed by atoms with Crippen molar-refractivity contribution in [3.63, 3.8) is 0 Å². The maximum Gasteiger partial charge on any atom is 0.324 e. The van der Waals surface area contributed by atoms with Crippen LogP contribution in [0.25, 0.3) is 5.53 Å². The lowest BCUT2D eigenvalue weighted by atomic mass is 10.1. The molecule has 2 atom stereocenters. The van der Waals surface area contributed by atoms with Gasteiger partial charge in [-0.25, -0.2) is 0 Å². The molecule has 0 aromatic carbocycles. The van der Waals surface area contributed by atoms with Gasteiger partial charge in [-0.2, -0.15) is 4.79 Å². The van der Waals surface area contributed by atoms with Crippen molar-refractivity contribution in [1.82, 2.24) is 5.32 Å².